The average molecular weight is 362 g/mol. The van der Waals surface area contributed by atoms with Gasteiger partial charge < -0.3 is 14.5 Å². The van der Waals surface area contributed by atoms with Crippen LogP contribution in [0.2, 0.25) is 0 Å². The molecule has 0 N–H and O–H groups in total. The summed E-state index contributed by atoms with van der Waals surface area (Å²) >= 11 is 0. The summed E-state index contributed by atoms with van der Waals surface area (Å²) < 4.78 is 18.7. The molecule has 2 saturated heterocycles. The second-order valence-corrected chi connectivity index (χ2v) is 7.28. The predicted molar refractivity (Wildman–Crippen MR) is 96.3 cm³/mol. The number of hydrogen-bond acceptors (Lipinski definition) is 3. The maximum absolute atomic E-state index is 13.0. The maximum Gasteiger partial charge on any atom is 0.253 e. The zero-order chi connectivity index (χ0) is 18.5. The highest BCUT2D eigenvalue weighted by atomic mass is 19.1. The van der Waals surface area contributed by atoms with Crippen LogP contribution in [0.15, 0.2) is 24.3 Å². The zero-order valence-corrected chi connectivity index (χ0v) is 15.3. The molecule has 26 heavy (non-hydrogen) atoms. The number of hydrogen-bond donors (Lipinski definition) is 0. The van der Waals surface area contributed by atoms with Crippen LogP contribution in [0, 0.1) is 11.7 Å². The Bertz CT molecular complexity index is 620. The number of halogens is 1. The normalized spacial score (nSPS) is 21.5. The number of nitrogens with zero attached hydrogens (tertiary/aromatic N) is 2. The van der Waals surface area contributed by atoms with E-state index in [4.69, 9.17) is 4.74 Å². The first kappa shape index (κ1) is 18.8. The van der Waals surface area contributed by atoms with Gasteiger partial charge in [0.05, 0.1) is 6.10 Å². The molecule has 0 radical (unpaired) electrons. The Kier molecular flexibility index (Phi) is 6.25. The zero-order valence-electron chi connectivity index (χ0n) is 15.3. The van der Waals surface area contributed by atoms with Gasteiger partial charge in [0.15, 0.2) is 0 Å². The third kappa shape index (κ3) is 4.61. The lowest BCUT2D eigenvalue weighted by Gasteiger charge is -2.34. The van der Waals surface area contributed by atoms with E-state index in [1.807, 2.05) is 7.05 Å². The van der Waals surface area contributed by atoms with Crippen molar-refractivity contribution in [2.24, 2.45) is 5.92 Å². The summed E-state index contributed by atoms with van der Waals surface area (Å²) in [6.07, 6.45) is 4.77. The van der Waals surface area contributed by atoms with Crippen molar-refractivity contribution >= 4 is 11.8 Å². The van der Waals surface area contributed by atoms with Crippen molar-refractivity contribution in [2.75, 3.05) is 33.3 Å². The molecule has 3 rings (SSSR count). The van der Waals surface area contributed by atoms with Crippen LogP contribution in [0.3, 0.4) is 0 Å². The summed E-state index contributed by atoms with van der Waals surface area (Å²) in [4.78, 5) is 28.7. The Morgan fingerprint density at radius 1 is 1.15 bits per heavy atom. The highest BCUT2D eigenvalue weighted by Gasteiger charge is 2.30. The Hall–Kier alpha value is -1.95. The van der Waals surface area contributed by atoms with Gasteiger partial charge in [0.25, 0.3) is 5.91 Å². The minimum absolute atomic E-state index is 0.0409. The van der Waals surface area contributed by atoms with Gasteiger partial charge in [-0.3, -0.25) is 9.59 Å². The summed E-state index contributed by atoms with van der Waals surface area (Å²) in [5, 5.41) is 0. The summed E-state index contributed by atoms with van der Waals surface area (Å²) in [7, 11) is 1.84. The summed E-state index contributed by atoms with van der Waals surface area (Å²) in [5.41, 5.74) is 0.489. The molecule has 0 bridgehead atoms. The molecule has 2 aliphatic rings. The molecular weight excluding hydrogens is 335 g/mol. The molecule has 6 heteroatoms. The van der Waals surface area contributed by atoms with Crippen LogP contribution >= 0.6 is 0 Å². The standard InChI is InChI=1S/C20H27FN2O3/c1-22(14-18-4-2-3-13-26-18)19(24)16-9-11-23(12-10-16)20(25)15-5-7-17(21)8-6-15/h5-8,16,18H,2-4,9-14H2,1H3/t18-/m1/s1. The van der Waals surface area contributed by atoms with E-state index in [1.165, 1.54) is 24.3 Å². The van der Waals surface area contributed by atoms with Crippen LogP contribution in [-0.4, -0.2) is 61.0 Å². The fourth-order valence-corrected chi connectivity index (χ4v) is 3.76. The van der Waals surface area contributed by atoms with Crippen LogP contribution in [0.1, 0.15) is 42.5 Å². The molecule has 0 unspecified atom stereocenters. The molecule has 2 heterocycles. The quantitative estimate of drug-likeness (QED) is 0.827. The van der Waals surface area contributed by atoms with E-state index in [2.05, 4.69) is 0 Å². The average Bonchev–Trinajstić information content (AvgIpc) is 2.68. The highest BCUT2D eigenvalue weighted by Crippen LogP contribution is 2.22. The molecule has 1 atom stereocenters. The topological polar surface area (TPSA) is 49.9 Å². The molecule has 2 fully saturated rings. The van der Waals surface area contributed by atoms with Crippen LogP contribution in [0.5, 0.6) is 0 Å². The van der Waals surface area contributed by atoms with Crippen molar-refractivity contribution in [1.82, 2.24) is 9.80 Å². The monoisotopic (exact) mass is 362 g/mol. The minimum Gasteiger partial charge on any atom is -0.376 e. The molecule has 5 nitrogen and oxygen atoms in total. The molecule has 142 valence electrons. The number of carbonyl (C=O) groups is 2. The van der Waals surface area contributed by atoms with Crippen LogP contribution < -0.4 is 0 Å². The number of likely N-dealkylation sites (tertiary alicyclic amines) is 1. The molecule has 0 aliphatic carbocycles. The lowest BCUT2D eigenvalue weighted by molar-refractivity contribution is -0.138. The largest absolute Gasteiger partial charge is 0.376 e. The summed E-state index contributed by atoms with van der Waals surface area (Å²) in [6, 6.07) is 5.61. The molecular formula is C20H27FN2O3. The Morgan fingerprint density at radius 3 is 2.46 bits per heavy atom. The number of rotatable bonds is 4. The highest BCUT2D eigenvalue weighted by molar-refractivity contribution is 5.94. The van der Waals surface area contributed by atoms with Gasteiger partial charge in [-0.05, 0) is 56.4 Å². The molecule has 2 aliphatic heterocycles. The van der Waals surface area contributed by atoms with Crippen molar-refractivity contribution in [3.63, 3.8) is 0 Å². The Labute approximate surface area is 154 Å². The van der Waals surface area contributed by atoms with Crippen molar-refractivity contribution in [1.29, 1.82) is 0 Å². The van der Waals surface area contributed by atoms with Crippen molar-refractivity contribution in [3.8, 4) is 0 Å². The summed E-state index contributed by atoms with van der Waals surface area (Å²) in [5.74, 6) is -0.343. The van der Waals surface area contributed by atoms with Gasteiger partial charge in [0.2, 0.25) is 5.91 Å². The lowest BCUT2D eigenvalue weighted by atomic mass is 9.94. The number of piperidine rings is 1. The number of carbonyl (C=O) groups excluding carboxylic acids is 2. The molecule has 1 aromatic rings. The van der Waals surface area contributed by atoms with Gasteiger partial charge in [-0.25, -0.2) is 4.39 Å². The lowest BCUT2D eigenvalue weighted by Crippen LogP contribution is -2.45. The second kappa shape index (κ2) is 8.62. The number of likely N-dealkylation sites (N-methyl/N-ethyl adjacent to an activating group) is 1. The number of amides is 2. The van der Waals surface area contributed by atoms with Crippen LogP contribution in [0.25, 0.3) is 0 Å². The van der Waals surface area contributed by atoms with E-state index in [-0.39, 0.29) is 29.7 Å². The van der Waals surface area contributed by atoms with E-state index in [1.54, 1.807) is 9.80 Å². The van der Waals surface area contributed by atoms with Crippen molar-refractivity contribution in [2.45, 2.75) is 38.2 Å². The third-order valence-corrected chi connectivity index (χ3v) is 5.35. The van der Waals surface area contributed by atoms with Gasteiger partial charge in [-0.1, -0.05) is 0 Å². The molecule has 0 saturated carbocycles. The van der Waals surface area contributed by atoms with Gasteiger partial charge in [0.1, 0.15) is 5.82 Å². The Morgan fingerprint density at radius 2 is 1.85 bits per heavy atom. The first-order valence-corrected chi connectivity index (χ1v) is 9.46. The Balaban J connectivity index is 1.48. The SMILES string of the molecule is CN(C[C@H]1CCCCO1)C(=O)C1CCN(C(=O)c2ccc(F)cc2)CC1. The number of ether oxygens (including phenoxy) is 1. The first-order chi connectivity index (χ1) is 12.5. The first-order valence-electron chi connectivity index (χ1n) is 9.46. The van der Waals surface area contributed by atoms with Crippen molar-refractivity contribution in [3.05, 3.63) is 35.6 Å². The molecule has 2 amide bonds. The van der Waals surface area contributed by atoms with Gasteiger partial charge in [-0.2, -0.15) is 0 Å². The van der Waals surface area contributed by atoms with E-state index < -0.39 is 0 Å². The van der Waals surface area contributed by atoms with Crippen LogP contribution in [0.4, 0.5) is 4.39 Å². The van der Waals surface area contributed by atoms with E-state index in [9.17, 15) is 14.0 Å². The van der Waals surface area contributed by atoms with Crippen molar-refractivity contribution < 1.29 is 18.7 Å². The smallest absolute Gasteiger partial charge is 0.253 e. The maximum atomic E-state index is 13.0. The third-order valence-electron chi connectivity index (χ3n) is 5.35. The minimum atomic E-state index is -0.351. The van der Waals surface area contributed by atoms with Gasteiger partial charge >= 0.3 is 0 Å². The van der Waals surface area contributed by atoms with Crippen LogP contribution in [-0.2, 0) is 9.53 Å². The fraction of sp³-hybridized carbons (Fsp3) is 0.600. The number of benzene rings is 1. The molecule has 0 aromatic heterocycles. The van der Waals surface area contributed by atoms with E-state index in [0.717, 1.165) is 25.9 Å². The fourth-order valence-electron chi connectivity index (χ4n) is 3.76. The van der Waals surface area contributed by atoms with Gasteiger partial charge in [-0.15, -0.1) is 0 Å². The van der Waals surface area contributed by atoms with Gasteiger partial charge in [0, 0.05) is 44.8 Å². The summed E-state index contributed by atoms with van der Waals surface area (Å²) in [6.45, 7) is 2.55. The van der Waals surface area contributed by atoms with E-state index >= 15 is 0 Å². The second-order valence-electron chi connectivity index (χ2n) is 7.28. The predicted octanol–water partition coefficient (Wildman–Crippen LogP) is 2.71. The molecule has 0 spiro atoms. The van der Waals surface area contributed by atoms with E-state index in [0.29, 0.717) is 38.0 Å². The molecule has 1 aromatic carbocycles.